The lowest BCUT2D eigenvalue weighted by atomic mass is 9.79. The minimum absolute atomic E-state index is 0.0101. The van der Waals surface area contributed by atoms with Gasteiger partial charge in [0.15, 0.2) is 0 Å². The van der Waals surface area contributed by atoms with Gasteiger partial charge in [-0.1, -0.05) is 35.9 Å². The molecule has 1 aromatic heterocycles. The van der Waals surface area contributed by atoms with Gasteiger partial charge in [-0.2, -0.15) is 0 Å². The van der Waals surface area contributed by atoms with E-state index < -0.39 is 0 Å². The van der Waals surface area contributed by atoms with Crippen molar-refractivity contribution in [1.29, 1.82) is 0 Å². The molecule has 6 heteroatoms. The van der Waals surface area contributed by atoms with E-state index in [1.165, 1.54) is 7.11 Å². The summed E-state index contributed by atoms with van der Waals surface area (Å²) in [5.74, 6) is 0.173. The molecule has 0 radical (unpaired) electrons. The highest BCUT2D eigenvalue weighted by molar-refractivity contribution is 6.30. The van der Waals surface area contributed by atoms with Gasteiger partial charge in [0.1, 0.15) is 0 Å². The average molecular weight is 453 g/mol. The van der Waals surface area contributed by atoms with E-state index >= 15 is 0 Å². The summed E-state index contributed by atoms with van der Waals surface area (Å²) in [5.41, 5.74) is 2.73. The number of para-hydroxylation sites is 1. The number of carbonyl (C=O) groups is 2. The van der Waals surface area contributed by atoms with Gasteiger partial charge in [-0.15, -0.1) is 0 Å². The molecule has 32 heavy (non-hydrogen) atoms. The Morgan fingerprint density at radius 1 is 1.09 bits per heavy atom. The second-order valence-corrected chi connectivity index (χ2v) is 9.15. The fraction of sp³-hybridized carbons (Fsp3) is 0.385. The SMILES string of the molecule is COC(=O)[C@H]1CC[C@H](C(C)NC(=O)c2cccc3ccn(Cc4ccc(Cl)cc4)c23)CC1. The Morgan fingerprint density at radius 3 is 2.50 bits per heavy atom. The van der Waals surface area contributed by atoms with Gasteiger partial charge in [0.05, 0.1) is 24.1 Å². The van der Waals surface area contributed by atoms with Gasteiger partial charge in [-0.25, -0.2) is 0 Å². The number of rotatable bonds is 6. The Kier molecular flexibility index (Phi) is 6.85. The third-order valence-electron chi connectivity index (χ3n) is 6.67. The van der Waals surface area contributed by atoms with Crippen molar-refractivity contribution in [3.63, 3.8) is 0 Å². The lowest BCUT2D eigenvalue weighted by Crippen LogP contribution is -2.40. The number of aromatic nitrogens is 1. The van der Waals surface area contributed by atoms with Crippen LogP contribution >= 0.6 is 11.6 Å². The predicted molar refractivity (Wildman–Crippen MR) is 127 cm³/mol. The first-order valence-electron chi connectivity index (χ1n) is 11.2. The Balaban J connectivity index is 1.48. The first-order valence-corrected chi connectivity index (χ1v) is 11.5. The molecular weight excluding hydrogens is 424 g/mol. The summed E-state index contributed by atoms with van der Waals surface area (Å²) in [7, 11) is 1.45. The Morgan fingerprint density at radius 2 is 1.81 bits per heavy atom. The molecular formula is C26H29ClN2O3. The molecule has 1 aliphatic carbocycles. The molecule has 1 unspecified atom stereocenters. The quantitative estimate of drug-likeness (QED) is 0.506. The highest BCUT2D eigenvalue weighted by atomic mass is 35.5. The minimum atomic E-state index is -0.117. The van der Waals surface area contributed by atoms with Crippen molar-refractivity contribution in [3.05, 3.63) is 70.9 Å². The van der Waals surface area contributed by atoms with E-state index in [1.807, 2.05) is 54.7 Å². The van der Waals surface area contributed by atoms with Crippen LogP contribution in [0, 0.1) is 11.8 Å². The van der Waals surface area contributed by atoms with Crippen LogP contribution in [0.25, 0.3) is 10.9 Å². The monoisotopic (exact) mass is 452 g/mol. The highest BCUT2D eigenvalue weighted by Crippen LogP contribution is 2.32. The van der Waals surface area contributed by atoms with Crippen molar-refractivity contribution in [2.45, 2.75) is 45.2 Å². The molecule has 1 saturated carbocycles. The van der Waals surface area contributed by atoms with Crippen LogP contribution in [0.4, 0.5) is 0 Å². The molecule has 1 atom stereocenters. The summed E-state index contributed by atoms with van der Waals surface area (Å²) in [6, 6.07) is 15.7. The van der Waals surface area contributed by atoms with Crippen LogP contribution < -0.4 is 5.32 Å². The number of amides is 1. The van der Waals surface area contributed by atoms with Crippen molar-refractivity contribution < 1.29 is 14.3 Å². The zero-order valence-electron chi connectivity index (χ0n) is 18.5. The number of carbonyl (C=O) groups excluding carboxylic acids is 2. The summed E-state index contributed by atoms with van der Waals surface area (Å²) >= 11 is 6.02. The smallest absolute Gasteiger partial charge is 0.308 e. The third-order valence-corrected chi connectivity index (χ3v) is 6.92. The van der Waals surface area contributed by atoms with E-state index in [9.17, 15) is 9.59 Å². The topological polar surface area (TPSA) is 60.3 Å². The Bertz CT molecular complexity index is 1100. The number of nitrogens with zero attached hydrogens (tertiary/aromatic N) is 1. The normalized spacial score (nSPS) is 19.5. The molecule has 0 saturated heterocycles. The van der Waals surface area contributed by atoms with Crippen LogP contribution in [0.15, 0.2) is 54.7 Å². The number of halogens is 1. The molecule has 1 aliphatic rings. The molecule has 0 bridgehead atoms. The van der Waals surface area contributed by atoms with Crippen molar-refractivity contribution >= 4 is 34.4 Å². The number of fused-ring (bicyclic) bond motifs is 1. The van der Waals surface area contributed by atoms with Gasteiger partial charge in [-0.3, -0.25) is 9.59 Å². The van der Waals surface area contributed by atoms with Crippen molar-refractivity contribution in [3.8, 4) is 0 Å². The number of hydrogen-bond acceptors (Lipinski definition) is 3. The summed E-state index contributed by atoms with van der Waals surface area (Å²) in [5, 5.41) is 4.97. The van der Waals surface area contributed by atoms with E-state index in [0.29, 0.717) is 23.0 Å². The maximum absolute atomic E-state index is 13.3. The Labute approximate surface area is 193 Å². The molecule has 1 heterocycles. The van der Waals surface area contributed by atoms with Gasteiger partial charge in [0, 0.05) is 29.2 Å². The molecule has 0 spiro atoms. The van der Waals surface area contributed by atoms with Gasteiger partial charge >= 0.3 is 5.97 Å². The fourth-order valence-corrected chi connectivity index (χ4v) is 4.91. The molecule has 2 aromatic carbocycles. The molecule has 1 N–H and O–H groups in total. The zero-order valence-corrected chi connectivity index (χ0v) is 19.3. The maximum Gasteiger partial charge on any atom is 0.308 e. The molecule has 3 aromatic rings. The summed E-state index contributed by atoms with van der Waals surface area (Å²) in [6.45, 7) is 2.73. The number of methoxy groups -OCH3 is 1. The lowest BCUT2D eigenvalue weighted by Gasteiger charge is -2.31. The molecule has 168 valence electrons. The number of esters is 1. The number of nitrogens with one attached hydrogen (secondary N) is 1. The van der Waals surface area contributed by atoms with Crippen molar-refractivity contribution in [2.24, 2.45) is 11.8 Å². The molecule has 5 nitrogen and oxygen atoms in total. The fourth-order valence-electron chi connectivity index (χ4n) is 4.79. The van der Waals surface area contributed by atoms with Crippen LogP contribution in [0.1, 0.15) is 48.5 Å². The first kappa shape index (κ1) is 22.4. The lowest BCUT2D eigenvalue weighted by molar-refractivity contribution is -0.146. The van der Waals surface area contributed by atoms with Gasteiger partial charge in [-0.05, 0) is 68.4 Å². The van der Waals surface area contributed by atoms with Crippen LogP contribution in [0.5, 0.6) is 0 Å². The van der Waals surface area contributed by atoms with E-state index in [1.54, 1.807) is 0 Å². The van der Waals surface area contributed by atoms with E-state index in [2.05, 4.69) is 16.8 Å². The number of benzene rings is 2. The second-order valence-electron chi connectivity index (χ2n) is 8.71. The highest BCUT2D eigenvalue weighted by Gasteiger charge is 2.30. The number of ether oxygens (including phenoxy) is 1. The van der Waals surface area contributed by atoms with Gasteiger partial charge in [0.25, 0.3) is 5.91 Å². The molecule has 4 rings (SSSR count). The second kappa shape index (κ2) is 9.78. The molecule has 1 fully saturated rings. The van der Waals surface area contributed by atoms with Crippen LogP contribution in [-0.2, 0) is 16.1 Å². The predicted octanol–water partition coefficient (Wildman–Crippen LogP) is 5.44. The summed E-state index contributed by atoms with van der Waals surface area (Å²) in [6.07, 6.45) is 5.48. The van der Waals surface area contributed by atoms with E-state index in [4.69, 9.17) is 16.3 Å². The third kappa shape index (κ3) is 4.83. The van der Waals surface area contributed by atoms with Gasteiger partial charge in [0.2, 0.25) is 0 Å². The van der Waals surface area contributed by atoms with Crippen LogP contribution in [0.3, 0.4) is 0 Å². The summed E-state index contributed by atoms with van der Waals surface area (Å²) in [4.78, 5) is 25.0. The maximum atomic E-state index is 13.3. The van der Waals surface area contributed by atoms with E-state index in [-0.39, 0.29) is 23.8 Å². The number of hydrogen-bond donors (Lipinski definition) is 1. The van der Waals surface area contributed by atoms with Gasteiger partial charge < -0.3 is 14.6 Å². The minimum Gasteiger partial charge on any atom is -0.469 e. The average Bonchev–Trinajstić information content (AvgIpc) is 3.23. The first-order chi connectivity index (χ1) is 15.5. The van der Waals surface area contributed by atoms with Crippen LogP contribution in [-0.4, -0.2) is 29.6 Å². The standard InChI is InChI=1S/C26H29ClN2O3/c1-17(19-8-10-21(11-9-19)26(31)32-2)28-25(30)23-5-3-4-20-14-15-29(24(20)23)16-18-6-12-22(27)13-7-18/h3-7,12-15,17,19,21H,8-11,16H2,1-2H3,(H,28,30)/t17?,19-,21-. The molecule has 0 aliphatic heterocycles. The summed E-state index contributed by atoms with van der Waals surface area (Å²) < 4.78 is 6.99. The zero-order chi connectivity index (χ0) is 22.7. The van der Waals surface area contributed by atoms with Crippen molar-refractivity contribution in [1.82, 2.24) is 9.88 Å². The van der Waals surface area contributed by atoms with Crippen molar-refractivity contribution in [2.75, 3.05) is 7.11 Å². The van der Waals surface area contributed by atoms with Crippen LogP contribution in [0.2, 0.25) is 5.02 Å². The van der Waals surface area contributed by atoms with E-state index in [0.717, 1.165) is 42.1 Å². The molecule has 1 amide bonds. The Hall–Kier alpha value is -2.79. The largest absolute Gasteiger partial charge is 0.469 e.